The summed E-state index contributed by atoms with van der Waals surface area (Å²) in [5.41, 5.74) is 0.475. The van der Waals surface area contributed by atoms with E-state index in [0.717, 1.165) is 0 Å². The molecule has 0 aromatic carbocycles. The van der Waals surface area contributed by atoms with Crippen LogP contribution in [0.3, 0.4) is 0 Å². The van der Waals surface area contributed by atoms with Crippen LogP contribution in [0, 0.1) is 4.91 Å². The van der Waals surface area contributed by atoms with Gasteiger partial charge in [0.25, 0.3) is 6.23 Å². The second-order valence-electron chi connectivity index (χ2n) is 6.46. The molecule has 2 rings (SSSR count). The summed E-state index contributed by atoms with van der Waals surface area (Å²) in [5, 5.41) is 53.2. The van der Waals surface area contributed by atoms with Gasteiger partial charge in [-0.2, -0.15) is 4.57 Å². The van der Waals surface area contributed by atoms with Gasteiger partial charge in [-0.1, -0.05) is 0 Å². The lowest BCUT2D eigenvalue weighted by Gasteiger charge is -2.35. The molecular weight excluding hydrogens is 362 g/mol. The van der Waals surface area contributed by atoms with E-state index in [1.54, 1.807) is 12.1 Å². The highest BCUT2D eigenvalue weighted by Crippen LogP contribution is 2.26. The Morgan fingerprint density at radius 1 is 1.33 bits per heavy atom. The fourth-order valence-corrected chi connectivity index (χ4v) is 2.90. The van der Waals surface area contributed by atoms with E-state index < -0.39 is 42.7 Å². The Morgan fingerprint density at radius 3 is 2.67 bits per heavy atom. The topological polar surface area (TPSA) is 164 Å². The third-order valence-electron chi connectivity index (χ3n) is 4.45. The minimum absolute atomic E-state index is 0.344. The van der Waals surface area contributed by atoms with Crippen LogP contribution < -0.4 is 4.57 Å². The largest absolute Gasteiger partial charge is 0.479 e. The highest BCUT2D eigenvalue weighted by molar-refractivity contribution is 5.73. The van der Waals surface area contributed by atoms with Crippen LogP contribution in [-0.4, -0.2) is 74.5 Å². The van der Waals surface area contributed by atoms with E-state index in [2.05, 4.69) is 5.29 Å². The molecule has 1 saturated heterocycles. The number of pyridine rings is 1. The Hall–Kier alpha value is -2.18. The van der Waals surface area contributed by atoms with E-state index in [1.165, 1.54) is 29.0 Å². The van der Waals surface area contributed by atoms with Crippen LogP contribution in [0.25, 0.3) is 0 Å². The van der Waals surface area contributed by atoms with Crippen molar-refractivity contribution in [2.75, 3.05) is 13.6 Å². The summed E-state index contributed by atoms with van der Waals surface area (Å²) in [6.45, 7) is 0.377. The first kappa shape index (κ1) is 21.1. The number of carboxylic acids is 1. The van der Waals surface area contributed by atoms with Gasteiger partial charge in [-0.3, -0.25) is 5.01 Å². The van der Waals surface area contributed by atoms with Gasteiger partial charge in [0.05, 0.1) is 11.4 Å². The zero-order valence-electron chi connectivity index (χ0n) is 14.7. The molecule has 0 spiro atoms. The van der Waals surface area contributed by atoms with Crippen molar-refractivity contribution in [3.05, 3.63) is 35.0 Å². The number of ether oxygens (including phenoxy) is 1. The Balaban J connectivity index is 2.13. The number of nitroso groups, excluding NO2 is 1. The van der Waals surface area contributed by atoms with E-state index >= 15 is 0 Å². The average molecular weight is 386 g/mol. The van der Waals surface area contributed by atoms with Crippen molar-refractivity contribution in [2.24, 2.45) is 5.29 Å². The van der Waals surface area contributed by atoms with Crippen molar-refractivity contribution in [1.82, 2.24) is 5.01 Å². The maximum Gasteiger partial charge on any atom is 0.335 e. The number of rotatable bonds is 8. The second kappa shape index (κ2) is 9.15. The Kier molecular flexibility index (Phi) is 7.16. The molecule has 0 aliphatic carbocycles. The molecule has 0 radical (unpaired) electrons. The smallest absolute Gasteiger partial charge is 0.335 e. The van der Waals surface area contributed by atoms with Gasteiger partial charge >= 0.3 is 5.97 Å². The van der Waals surface area contributed by atoms with E-state index in [4.69, 9.17) is 9.84 Å². The molecule has 1 aliphatic heterocycles. The zero-order valence-corrected chi connectivity index (χ0v) is 14.7. The van der Waals surface area contributed by atoms with E-state index in [9.17, 15) is 30.1 Å². The SMILES string of the molecule is CN(CCCC(O)c1ccc[n+]([C@@H]2O[C@H](C(=O)O)[C@@H](O)[C@H](O)[C@H]2O)c1)N=O. The van der Waals surface area contributed by atoms with Crippen LogP contribution >= 0.6 is 0 Å². The third kappa shape index (κ3) is 4.96. The summed E-state index contributed by atoms with van der Waals surface area (Å²) < 4.78 is 6.59. The maximum atomic E-state index is 11.2. The van der Waals surface area contributed by atoms with Crippen LogP contribution in [0.15, 0.2) is 29.8 Å². The summed E-state index contributed by atoms with van der Waals surface area (Å²) in [5.74, 6) is -1.47. The quantitative estimate of drug-likeness (QED) is 0.202. The summed E-state index contributed by atoms with van der Waals surface area (Å²) in [6.07, 6.45) is -5.10. The average Bonchev–Trinajstić information content (AvgIpc) is 2.65. The van der Waals surface area contributed by atoms with Crippen molar-refractivity contribution in [3.8, 4) is 0 Å². The maximum absolute atomic E-state index is 11.2. The van der Waals surface area contributed by atoms with Gasteiger partial charge in [0.1, 0.15) is 12.2 Å². The molecule has 2 heterocycles. The molecule has 11 heteroatoms. The lowest BCUT2D eigenvalue weighted by atomic mass is 9.97. The normalized spacial score (nSPS) is 29.1. The Bertz CT molecular complexity index is 660. The van der Waals surface area contributed by atoms with Crippen LogP contribution in [0.1, 0.15) is 30.7 Å². The van der Waals surface area contributed by atoms with Crippen molar-refractivity contribution in [2.45, 2.75) is 49.6 Å². The first-order chi connectivity index (χ1) is 12.8. The molecule has 11 nitrogen and oxygen atoms in total. The molecule has 150 valence electrons. The number of nitrogens with zero attached hydrogens (tertiary/aromatic N) is 3. The second-order valence-corrected chi connectivity index (χ2v) is 6.46. The fraction of sp³-hybridized carbons (Fsp3) is 0.625. The minimum atomic E-state index is -1.77. The summed E-state index contributed by atoms with van der Waals surface area (Å²) in [7, 11) is 1.52. The van der Waals surface area contributed by atoms with Crippen molar-refractivity contribution >= 4 is 5.97 Å². The molecule has 5 N–H and O–H groups in total. The molecule has 1 unspecified atom stereocenters. The van der Waals surface area contributed by atoms with Gasteiger partial charge in [-0.05, 0) is 18.9 Å². The van der Waals surface area contributed by atoms with Crippen molar-refractivity contribution < 1.29 is 39.6 Å². The van der Waals surface area contributed by atoms with E-state index in [1.807, 2.05) is 0 Å². The van der Waals surface area contributed by atoms with Crippen LogP contribution in [0.2, 0.25) is 0 Å². The first-order valence-corrected chi connectivity index (χ1v) is 8.42. The number of aliphatic carboxylic acids is 1. The van der Waals surface area contributed by atoms with E-state index in [0.29, 0.717) is 24.9 Å². The molecule has 1 aliphatic rings. The molecule has 1 fully saturated rings. The van der Waals surface area contributed by atoms with Crippen LogP contribution in [0.5, 0.6) is 0 Å². The lowest BCUT2D eigenvalue weighted by Crippen LogP contribution is -2.63. The predicted molar refractivity (Wildman–Crippen MR) is 88.8 cm³/mol. The highest BCUT2D eigenvalue weighted by Gasteiger charge is 2.51. The van der Waals surface area contributed by atoms with Crippen LogP contribution in [0.4, 0.5) is 0 Å². The van der Waals surface area contributed by atoms with Crippen molar-refractivity contribution in [3.63, 3.8) is 0 Å². The lowest BCUT2D eigenvalue weighted by molar-refractivity contribution is -0.777. The Labute approximate surface area is 155 Å². The summed E-state index contributed by atoms with van der Waals surface area (Å²) in [6, 6.07) is 3.21. The predicted octanol–water partition coefficient (Wildman–Crippen LogP) is -1.53. The fourth-order valence-electron chi connectivity index (χ4n) is 2.90. The molecule has 0 bridgehead atoms. The van der Waals surface area contributed by atoms with Gasteiger partial charge in [-0.15, -0.1) is 4.91 Å². The Morgan fingerprint density at radius 2 is 2.04 bits per heavy atom. The summed E-state index contributed by atoms with van der Waals surface area (Å²) >= 11 is 0. The molecule has 0 saturated carbocycles. The van der Waals surface area contributed by atoms with Gasteiger partial charge in [0.2, 0.25) is 0 Å². The highest BCUT2D eigenvalue weighted by atomic mass is 16.6. The molecule has 27 heavy (non-hydrogen) atoms. The molecule has 0 amide bonds. The number of aromatic nitrogens is 1. The first-order valence-electron chi connectivity index (χ1n) is 8.42. The van der Waals surface area contributed by atoms with E-state index in [-0.39, 0.29) is 0 Å². The number of aliphatic hydroxyl groups is 4. The van der Waals surface area contributed by atoms with Gasteiger partial charge < -0.3 is 30.3 Å². The summed E-state index contributed by atoms with van der Waals surface area (Å²) in [4.78, 5) is 21.5. The molecular formula is C16H24N3O8+. The third-order valence-corrected chi connectivity index (χ3v) is 4.45. The molecule has 6 atom stereocenters. The number of aliphatic hydroxyl groups excluding tert-OH is 4. The number of hydrogen-bond donors (Lipinski definition) is 5. The van der Waals surface area contributed by atoms with Gasteiger partial charge in [-0.25, -0.2) is 4.79 Å². The van der Waals surface area contributed by atoms with Gasteiger partial charge in [0, 0.05) is 25.2 Å². The van der Waals surface area contributed by atoms with Crippen LogP contribution in [-0.2, 0) is 9.53 Å². The monoisotopic (exact) mass is 386 g/mol. The minimum Gasteiger partial charge on any atom is -0.479 e. The van der Waals surface area contributed by atoms with Crippen molar-refractivity contribution in [1.29, 1.82) is 0 Å². The number of carbonyl (C=O) groups is 1. The number of hydrogen-bond acceptors (Lipinski definition) is 8. The number of carboxylic acid groups (broad SMARTS) is 1. The standard InChI is InChI=1S/C16H23N3O8/c1-18(17-26)6-3-5-10(20)9-4-2-7-19(8-9)15-13(23)11(21)12(22)14(27-15)16(24)25/h2,4,7-8,10-15,20-23H,3,5-6H2,1H3/p+1/t10?,11-,12-,13+,14-,15+/m0/s1. The molecule has 1 aromatic heterocycles. The zero-order chi connectivity index (χ0) is 20.1. The molecule has 1 aromatic rings. The van der Waals surface area contributed by atoms with Gasteiger partial charge in [0.15, 0.2) is 24.6 Å².